The van der Waals surface area contributed by atoms with Crippen LogP contribution in [0, 0.1) is 0 Å². The number of para-hydroxylation sites is 2. The van der Waals surface area contributed by atoms with Gasteiger partial charge in [-0.25, -0.2) is 9.67 Å². The summed E-state index contributed by atoms with van der Waals surface area (Å²) in [7, 11) is 0. The number of nitrogens with one attached hydrogen (secondary N) is 1. The molecule has 29 heavy (non-hydrogen) atoms. The van der Waals surface area contributed by atoms with E-state index < -0.39 is 0 Å². The molecular formula is C23H29N5O. The Labute approximate surface area is 171 Å². The summed E-state index contributed by atoms with van der Waals surface area (Å²) in [5.74, 6) is 0.104. The molecule has 0 bridgehead atoms. The molecule has 2 aromatic heterocycles. The highest BCUT2D eigenvalue weighted by Gasteiger charge is 2.21. The Morgan fingerprint density at radius 2 is 1.83 bits per heavy atom. The second kappa shape index (κ2) is 7.85. The molecule has 1 aliphatic heterocycles. The maximum absolute atomic E-state index is 13.4. The van der Waals surface area contributed by atoms with E-state index in [0.29, 0.717) is 5.56 Å². The molecule has 1 aliphatic rings. The lowest BCUT2D eigenvalue weighted by molar-refractivity contribution is 0.102. The molecule has 1 N–H and O–H groups in total. The summed E-state index contributed by atoms with van der Waals surface area (Å²) in [6, 6.07) is 10.1. The summed E-state index contributed by atoms with van der Waals surface area (Å²) in [6.45, 7) is 10.4. The highest BCUT2D eigenvalue weighted by Crippen LogP contribution is 2.30. The van der Waals surface area contributed by atoms with Crippen LogP contribution in [0.15, 0.2) is 36.5 Å². The topological polar surface area (TPSA) is 63.1 Å². The number of fused-ring (bicyclic) bond motifs is 1. The van der Waals surface area contributed by atoms with Crippen LogP contribution in [-0.2, 0) is 0 Å². The quantitative estimate of drug-likeness (QED) is 0.666. The Bertz CT molecular complexity index is 1030. The highest BCUT2D eigenvalue weighted by molar-refractivity contribution is 6.13. The lowest BCUT2D eigenvalue weighted by atomic mass is 10.0. The van der Waals surface area contributed by atoms with Gasteiger partial charge in [0.1, 0.15) is 0 Å². The number of carbonyl (C=O) groups excluding carboxylic acids is 1. The standard InChI is InChI=1S/C23H29N5O/c1-15(2)20-13-17(18-14-24-28(16(3)4)22(18)25-20)23(29)26-19-9-5-6-10-21(19)27-11-7-8-12-27/h5-6,9-10,13-16H,7-8,11-12H2,1-4H3,(H,26,29). The third-order valence-electron chi connectivity index (χ3n) is 5.51. The van der Waals surface area contributed by atoms with Gasteiger partial charge in [0.25, 0.3) is 5.91 Å². The Morgan fingerprint density at radius 1 is 1.10 bits per heavy atom. The molecule has 1 amide bonds. The number of nitrogens with zero attached hydrogens (tertiary/aromatic N) is 4. The van der Waals surface area contributed by atoms with Crippen LogP contribution in [-0.4, -0.2) is 33.8 Å². The van der Waals surface area contributed by atoms with Gasteiger partial charge in [0.2, 0.25) is 0 Å². The predicted molar refractivity (Wildman–Crippen MR) is 118 cm³/mol. The van der Waals surface area contributed by atoms with Crippen molar-refractivity contribution < 1.29 is 4.79 Å². The third kappa shape index (κ3) is 3.71. The van der Waals surface area contributed by atoms with Gasteiger partial charge in [0, 0.05) is 24.8 Å². The molecule has 0 aliphatic carbocycles. The smallest absolute Gasteiger partial charge is 0.256 e. The summed E-state index contributed by atoms with van der Waals surface area (Å²) < 4.78 is 1.89. The fraction of sp³-hybridized carbons (Fsp3) is 0.435. The van der Waals surface area contributed by atoms with Crippen molar-refractivity contribution in [3.63, 3.8) is 0 Å². The fourth-order valence-electron chi connectivity index (χ4n) is 3.90. The Kier molecular flexibility index (Phi) is 5.26. The van der Waals surface area contributed by atoms with Gasteiger partial charge in [-0.05, 0) is 50.8 Å². The zero-order valence-electron chi connectivity index (χ0n) is 17.6. The van der Waals surface area contributed by atoms with Crippen molar-refractivity contribution in [2.75, 3.05) is 23.3 Å². The van der Waals surface area contributed by atoms with E-state index in [1.54, 1.807) is 6.20 Å². The van der Waals surface area contributed by atoms with E-state index in [4.69, 9.17) is 4.98 Å². The molecule has 3 aromatic rings. The molecule has 0 spiro atoms. The van der Waals surface area contributed by atoms with E-state index in [-0.39, 0.29) is 17.9 Å². The average molecular weight is 392 g/mol. The number of hydrogen-bond acceptors (Lipinski definition) is 4. The van der Waals surface area contributed by atoms with Gasteiger partial charge >= 0.3 is 0 Å². The maximum Gasteiger partial charge on any atom is 0.256 e. The number of anilines is 2. The number of rotatable bonds is 5. The summed E-state index contributed by atoms with van der Waals surface area (Å²) >= 11 is 0. The van der Waals surface area contributed by atoms with E-state index in [9.17, 15) is 4.79 Å². The van der Waals surface area contributed by atoms with Crippen LogP contribution in [0.2, 0.25) is 0 Å². The number of carbonyl (C=O) groups is 1. The monoisotopic (exact) mass is 391 g/mol. The van der Waals surface area contributed by atoms with Gasteiger partial charge in [0.05, 0.1) is 28.5 Å². The molecule has 0 saturated carbocycles. The molecule has 6 heteroatoms. The number of hydrogen-bond donors (Lipinski definition) is 1. The second-order valence-corrected chi connectivity index (χ2v) is 8.33. The van der Waals surface area contributed by atoms with E-state index in [0.717, 1.165) is 41.2 Å². The van der Waals surface area contributed by atoms with Gasteiger partial charge in [-0.3, -0.25) is 4.79 Å². The van der Waals surface area contributed by atoms with Gasteiger partial charge in [-0.1, -0.05) is 26.0 Å². The van der Waals surface area contributed by atoms with Crippen molar-refractivity contribution in [3.8, 4) is 0 Å². The van der Waals surface area contributed by atoms with Crippen LogP contribution < -0.4 is 10.2 Å². The van der Waals surface area contributed by atoms with Crippen molar-refractivity contribution in [3.05, 3.63) is 47.8 Å². The molecule has 152 valence electrons. The van der Waals surface area contributed by atoms with E-state index in [1.807, 2.05) is 28.9 Å². The van der Waals surface area contributed by atoms with Crippen molar-refractivity contribution in [1.29, 1.82) is 0 Å². The molecular weight excluding hydrogens is 362 g/mol. The van der Waals surface area contributed by atoms with Crippen LogP contribution in [0.5, 0.6) is 0 Å². The second-order valence-electron chi connectivity index (χ2n) is 8.33. The van der Waals surface area contributed by atoms with Gasteiger partial charge in [-0.2, -0.15) is 5.10 Å². The predicted octanol–water partition coefficient (Wildman–Crippen LogP) is 4.99. The zero-order valence-corrected chi connectivity index (χ0v) is 17.6. The highest BCUT2D eigenvalue weighted by atomic mass is 16.1. The lowest BCUT2D eigenvalue weighted by Crippen LogP contribution is -2.21. The molecule has 0 radical (unpaired) electrons. The Morgan fingerprint density at radius 3 is 2.52 bits per heavy atom. The summed E-state index contributed by atoms with van der Waals surface area (Å²) in [5, 5.41) is 8.44. The number of amides is 1. The summed E-state index contributed by atoms with van der Waals surface area (Å²) in [5.41, 5.74) is 4.24. The molecule has 4 rings (SSSR count). The largest absolute Gasteiger partial charge is 0.370 e. The first kappa shape index (κ1) is 19.4. The van der Waals surface area contributed by atoms with E-state index >= 15 is 0 Å². The Hall–Kier alpha value is -2.89. The van der Waals surface area contributed by atoms with E-state index in [1.165, 1.54) is 12.8 Å². The number of aromatic nitrogens is 3. The first-order valence-corrected chi connectivity index (χ1v) is 10.5. The van der Waals surface area contributed by atoms with Crippen molar-refractivity contribution >= 4 is 28.3 Å². The normalized spacial score (nSPS) is 14.3. The van der Waals surface area contributed by atoms with Crippen LogP contribution >= 0.6 is 0 Å². The van der Waals surface area contributed by atoms with Crippen LogP contribution in [0.4, 0.5) is 11.4 Å². The molecule has 6 nitrogen and oxygen atoms in total. The lowest BCUT2D eigenvalue weighted by Gasteiger charge is -2.21. The first-order chi connectivity index (χ1) is 14.0. The number of pyridine rings is 1. The minimum absolute atomic E-state index is 0.116. The molecule has 1 saturated heterocycles. The van der Waals surface area contributed by atoms with Gasteiger partial charge in [0.15, 0.2) is 5.65 Å². The van der Waals surface area contributed by atoms with Gasteiger partial charge in [-0.15, -0.1) is 0 Å². The summed E-state index contributed by atoms with van der Waals surface area (Å²) in [6.07, 6.45) is 4.15. The Balaban J connectivity index is 1.74. The van der Waals surface area contributed by atoms with Crippen LogP contribution in [0.25, 0.3) is 11.0 Å². The van der Waals surface area contributed by atoms with Crippen molar-refractivity contribution in [1.82, 2.24) is 14.8 Å². The molecule has 0 unspecified atom stereocenters. The zero-order chi connectivity index (χ0) is 20.5. The third-order valence-corrected chi connectivity index (χ3v) is 5.51. The van der Waals surface area contributed by atoms with Crippen molar-refractivity contribution in [2.24, 2.45) is 0 Å². The minimum Gasteiger partial charge on any atom is -0.370 e. The summed E-state index contributed by atoms with van der Waals surface area (Å²) in [4.78, 5) is 20.5. The average Bonchev–Trinajstić information content (AvgIpc) is 3.37. The van der Waals surface area contributed by atoms with Crippen molar-refractivity contribution in [2.45, 2.75) is 52.5 Å². The fourth-order valence-corrected chi connectivity index (χ4v) is 3.90. The SMILES string of the molecule is CC(C)c1cc(C(=O)Nc2ccccc2N2CCCC2)c2cnn(C(C)C)c2n1. The van der Waals surface area contributed by atoms with Crippen LogP contribution in [0.3, 0.4) is 0 Å². The minimum atomic E-state index is -0.116. The molecule has 1 fully saturated rings. The molecule has 3 heterocycles. The molecule has 1 aromatic carbocycles. The van der Waals surface area contributed by atoms with Gasteiger partial charge < -0.3 is 10.2 Å². The van der Waals surface area contributed by atoms with Crippen LogP contribution in [0.1, 0.15) is 68.5 Å². The number of benzene rings is 1. The first-order valence-electron chi connectivity index (χ1n) is 10.5. The van der Waals surface area contributed by atoms with E-state index in [2.05, 4.69) is 49.1 Å². The molecule has 0 atom stereocenters. The maximum atomic E-state index is 13.4.